The lowest BCUT2D eigenvalue weighted by atomic mass is 10.2. The minimum Gasteiger partial charge on any atom is -0.396 e. The van der Waals surface area contributed by atoms with Crippen molar-refractivity contribution in [2.24, 2.45) is 5.92 Å². The van der Waals surface area contributed by atoms with E-state index in [-0.39, 0.29) is 18.4 Å². The summed E-state index contributed by atoms with van der Waals surface area (Å²) in [5.74, 6) is 0.0250. The molecule has 0 saturated carbocycles. The van der Waals surface area contributed by atoms with E-state index in [4.69, 9.17) is 5.11 Å². The third-order valence-corrected chi connectivity index (χ3v) is 1.25. The summed E-state index contributed by atoms with van der Waals surface area (Å²) in [6.07, 6.45) is 3.14. The summed E-state index contributed by atoms with van der Waals surface area (Å²) in [4.78, 5) is 10.8. The van der Waals surface area contributed by atoms with E-state index in [0.717, 1.165) is 0 Å². The molecule has 0 bridgehead atoms. The van der Waals surface area contributed by atoms with E-state index in [0.29, 0.717) is 6.54 Å². The Morgan fingerprint density at radius 3 is 2.82 bits per heavy atom. The Hall–Kier alpha value is -0.830. The summed E-state index contributed by atoms with van der Waals surface area (Å²) in [5.41, 5.74) is 0. The second-order valence-electron chi connectivity index (χ2n) is 2.53. The van der Waals surface area contributed by atoms with Crippen LogP contribution in [0.3, 0.4) is 0 Å². The van der Waals surface area contributed by atoms with E-state index in [1.54, 1.807) is 13.0 Å². The highest BCUT2D eigenvalue weighted by Gasteiger charge is 2.00. The molecule has 11 heavy (non-hydrogen) atoms. The molecular formula is C8H15NO2. The van der Waals surface area contributed by atoms with Crippen molar-refractivity contribution in [1.82, 2.24) is 5.32 Å². The van der Waals surface area contributed by atoms with Crippen LogP contribution >= 0.6 is 0 Å². The lowest BCUT2D eigenvalue weighted by molar-refractivity contribution is -0.116. The van der Waals surface area contributed by atoms with Crippen LogP contribution in [-0.4, -0.2) is 24.2 Å². The molecule has 0 aliphatic heterocycles. The molecule has 0 spiro atoms. The fraction of sp³-hybridized carbons (Fsp3) is 0.625. The second kappa shape index (κ2) is 5.92. The Kier molecular flexibility index (Phi) is 5.47. The number of carbonyl (C=O) groups excluding carboxylic acids is 1. The fourth-order valence-corrected chi connectivity index (χ4v) is 0.550. The van der Waals surface area contributed by atoms with Crippen molar-refractivity contribution in [3.05, 3.63) is 12.2 Å². The third-order valence-electron chi connectivity index (χ3n) is 1.25. The van der Waals surface area contributed by atoms with Gasteiger partial charge in [0.05, 0.1) is 0 Å². The zero-order valence-corrected chi connectivity index (χ0v) is 7.00. The molecule has 0 fully saturated rings. The minimum absolute atomic E-state index is 0.104. The number of amides is 1. The van der Waals surface area contributed by atoms with Crippen molar-refractivity contribution in [1.29, 1.82) is 0 Å². The largest absolute Gasteiger partial charge is 0.396 e. The van der Waals surface area contributed by atoms with Crippen molar-refractivity contribution in [2.75, 3.05) is 13.2 Å². The predicted octanol–water partition coefficient (Wildman–Crippen LogP) is 0.307. The summed E-state index contributed by atoms with van der Waals surface area (Å²) >= 11 is 0. The highest BCUT2D eigenvalue weighted by molar-refractivity contribution is 5.87. The number of aliphatic hydroxyl groups is 1. The Morgan fingerprint density at radius 2 is 2.36 bits per heavy atom. The van der Waals surface area contributed by atoms with Gasteiger partial charge >= 0.3 is 0 Å². The third kappa shape index (κ3) is 5.61. The molecule has 0 radical (unpaired) electrons. The smallest absolute Gasteiger partial charge is 0.243 e. The molecule has 1 amide bonds. The number of allylic oxidation sites excluding steroid dienone is 1. The highest BCUT2D eigenvalue weighted by Crippen LogP contribution is 1.88. The van der Waals surface area contributed by atoms with Gasteiger partial charge in [-0.15, -0.1) is 0 Å². The van der Waals surface area contributed by atoms with Crippen LogP contribution in [0.4, 0.5) is 0 Å². The van der Waals surface area contributed by atoms with Gasteiger partial charge in [0.25, 0.3) is 0 Å². The Labute approximate surface area is 67.1 Å². The van der Waals surface area contributed by atoms with E-state index in [1.807, 2.05) is 6.92 Å². The van der Waals surface area contributed by atoms with Crippen LogP contribution in [0.25, 0.3) is 0 Å². The van der Waals surface area contributed by atoms with E-state index in [1.165, 1.54) is 6.08 Å². The molecule has 3 nitrogen and oxygen atoms in total. The first kappa shape index (κ1) is 10.2. The Balaban J connectivity index is 3.45. The van der Waals surface area contributed by atoms with Crippen molar-refractivity contribution in [2.45, 2.75) is 13.8 Å². The zero-order valence-electron chi connectivity index (χ0n) is 7.00. The normalized spacial score (nSPS) is 13.4. The van der Waals surface area contributed by atoms with Crippen molar-refractivity contribution >= 4 is 5.91 Å². The summed E-state index contributed by atoms with van der Waals surface area (Å²) < 4.78 is 0. The van der Waals surface area contributed by atoms with Gasteiger partial charge in [-0.05, 0) is 18.9 Å². The molecule has 64 valence electrons. The van der Waals surface area contributed by atoms with Crippen LogP contribution in [0.2, 0.25) is 0 Å². The van der Waals surface area contributed by atoms with Gasteiger partial charge in [0.15, 0.2) is 0 Å². The van der Waals surface area contributed by atoms with Crippen molar-refractivity contribution < 1.29 is 9.90 Å². The van der Waals surface area contributed by atoms with Crippen molar-refractivity contribution in [3.63, 3.8) is 0 Å². The molecular weight excluding hydrogens is 142 g/mol. The number of rotatable bonds is 4. The molecule has 0 saturated heterocycles. The van der Waals surface area contributed by atoms with Crippen molar-refractivity contribution in [3.8, 4) is 0 Å². The van der Waals surface area contributed by atoms with Crippen LogP contribution < -0.4 is 5.32 Å². The number of hydrogen-bond acceptors (Lipinski definition) is 2. The SMILES string of the molecule is C/C=C/C(=O)NCC(C)CO. The topological polar surface area (TPSA) is 49.3 Å². The van der Waals surface area contributed by atoms with Crippen LogP contribution in [0, 0.1) is 5.92 Å². The van der Waals surface area contributed by atoms with Gasteiger partial charge in [0, 0.05) is 13.2 Å². The molecule has 0 aliphatic rings. The minimum atomic E-state index is -0.104. The quantitative estimate of drug-likeness (QED) is 0.577. The van der Waals surface area contributed by atoms with Crippen LogP contribution in [0.1, 0.15) is 13.8 Å². The molecule has 0 aromatic carbocycles. The zero-order chi connectivity index (χ0) is 8.69. The van der Waals surface area contributed by atoms with Gasteiger partial charge in [-0.3, -0.25) is 4.79 Å². The van der Waals surface area contributed by atoms with Gasteiger partial charge in [-0.2, -0.15) is 0 Å². The highest BCUT2D eigenvalue weighted by atomic mass is 16.3. The van der Waals surface area contributed by atoms with E-state index >= 15 is 0 Å². The standard InChI is InChI=1S/C8H15NO2/c1-3-4-8(11)9-5-7(2)6-10/h3-4,7,10H,5-6H2,1-2H3,(H,9,11)/b4-3+. The first-order valence-corrected chi connectivity index (χ1v) is 3.72. The summed E-state index contributed by atoms with van der Waals surface area (Å²) in [6, 6.07) is 0. The maximum atomic E-state index is 10.8. The Bertz CT molecular complexity index is 143. The summed E-state index contributed by atoms with van der Waals surface area (Å²) in [5, 5.41) is 11.3. The summed E-state index contributed by atoms with van der Waals surface area (Å²) in [6.45, 7) is 4.29. The van der Waals surface area contributed by atoms with E-state index in [2.05, 4.69) is 5.32 Å². The monoisotopic (exact) mass is 157 g/mol. The number of nitrogens with one attached hydrogen (secondary N) is 1. The van der Waals surface area contributed by atoms with Crippen LogP contribution in [0.15, 0.2) is 12.2 Å². The number of carbonyl (C=O) groups is 1. The maximum absolute atomic E-state index is 10.8. The molecule has 0 aliphatic carbocycles. The van der Waals surface area contributed by atoms with Gasteiger partial charge in [0.1, 0.15) is 0 Å². The van der Waals surface area contributed by atoms with E-state index in [9.17, 15) is 4.79 Å². The van der Waals surface area contributed by atoms with Gasteiger partial charge in [-0.25, -0.2) is 0 Å². The molecule has 0 rings (SSSR count). The molecule has 2 N–H and O–H groups in total. The average molecular weight is 157 g/mol. The molecule has 0 aromatic rings. The molecule has 0 aromatic heterocycles. The maximum Gasteiger partial charge on any atom is 0.243 e. The molecule has 3 heteroatoms. The van der Waals surface area contributed by atoms with E-state index < -0.39 is 0 Å². The molecule has 1 unspecified atom stereocenters. The lowest BCUT2D eigenvalue weighted by Crippen LogP contribution is -2.27. The predicted molar refractivity (Wildman–Crippen MR) is 44.1 cm³/mol. The first-order chi connectivity index (χ1) is 5.20. The average Bonchev–Trinajstić information content (AvgIpc) is 2.01. The fourth-order valence-electron chi connectivity index (χ4n) is 0.550. The van der Waals surface area contributed by atoms with Gasteiger partial charge in [-0.1, -0.05) is 13.0 Å². The van der Waals surface area contributed by atoms with Gasteiger partial charge in [0.2, 0.25) is 5.91 Å². The molecule has 0 heterocycles. The van der Waals surface area contributed by atoms with Crippen LogP contribution in [-0.2, 0) is 4.79 Å². The molecule has 1 atom stereocenters. The first-order valence-electron chi connectivity index (χ1n) is 3.72. The van der Waals surface area contributed by atoms with Crippen LogP contribution in [0.5, 0.6) is 0 Å². The second-order valence-corrected chi connectivity index (χ2v) is 2.53. The number of hydrogen-bond donors (Lipinski definition) is 2. The number of aliphatic hydroxyl groups excluding tert-OH is 1. The summed E-state index contributed by atoms with van der Waals surface area (Å²) in [7, 11) is 0. The lowest BCUT2D eigenvalue weighted by Gasteiger charge is -2.06. The van der Waals surface area contributed by atoms with Gasteiger partial charge < -0.3 is 10.4 Å². The Morgan fingerprint density at radius 1 is 1.73 bits per heavy atom.